The highest BCUT2D eigenvalue weighted by Gasteiger charge is 2.26. The molecule has 0 aliphatic carbocycles. The quantitative estimate of drug-likeness (QED) is 0.682. The van der Waals surface area contributed by atoms with E-state index in [0.717, 1.165) is 16.3 Å². The lowest BCUT2D eigenvalue weighted by Crippen LogP contribution is -2.46. The number of carbonyl (C=O) groups excluding carboxylic acids is 2. The second-order valence-electron chi connectivity index (χ2n) is 7.05. The minimum Gasteiger partial charge on any atom is -0.497 e. The topological polar surface area (TPSA) is 84.4 Å². The number of likely N-dealkylation sites (tertiary alicyclic amines) is 1. The Balaban J connectivity index is 1.33. The van der Waals surface area contributed by atoms with Crippen molar-refractivity contribution in [2.45, 2.75) is 18.9 Å². The van der Waals surface area contributed by atoms with E-state index in [1.165, 1.54) is 11.3 Å². The van der Waals surface area contributed by atoms with Crippen LogP contribution in [0.25, 0.3) is 10.6 Å². The molecule has 3 aromatic rings. The Kier molecular flexibility index (Phi) is 6.04. The van der Waals surface area contributed by atoms with Crippen LogP contribution in [0.1, 0.15) is 33.7 Å². The molecular weight excluding hydrogens is 400 g/mol. The van der Waals surface area contributed by atoms with Gasteiger partial charge in [-0.2, -0.15) is 0 Å². The van der Waals surface area contributed by atoms with Crippen LogP contribution in [0.4, 0.5) is 0 Å². The number of carbonyl (C=O) groups is 2. The summed E-state index contributed by atoms with van der Waals surface area (Å²) in [6.45, 7) is 1.18. The summed E-state index contributed by atoms with van der Waals surface area (Å²) in [7, 11) is 1.63. The van der Waals surface area contributed by atoms with Gasteiger partial charge in [0.15, 0.2) is 0 Å². The van der Waals surface area contributed by atoms with Crippen molar-refractivity contribution < 1.29 is 14.3 Å². The van der Waals surface area contributed by atoms with Crippen molar-refractivity contribution in [1.29, 1.82) is 0 Å². The highest BCUT2D eigenvalue weighted by molar-refractivity contribution is 7.13. The van der Waals surface area contributed by atoms with Crippen LogP contribution in [0.3, 0.4) is 0 Å². The van der Waals surface area contributed by atoms with E-state index in [1.54, 1.807) is 41.9 Å². The predicted octanol–water partition coefficient (Wildman–Crippen LogP) is 3.25. The molecule has 1 saturated heterocycles. The van der Waals surface area contributed by atoms with Gasteiger partial charge >= 0.3 is 0 Å². The number of pyridine rings is 1. The maximum atomic E-state index is 12.8. The lowest BCUT2D eigenvalue weighted by atomic mass is 10.0. The van der Waals surface area contributed by atoms with Gasteiger partial charge in [-0.25, -0.2) is 4.98 Å². The molecule has 0 spiro atoms. The van der Waals surface area contributed by atoms with E-state index < -0.39 is 0 Å². The van der Waals surface area contributed by atoms with E-state index in [1.807, 2.05) is 24.3 Å². The first-order chi connectivity index (χ1) is 14.6. The Labute approximate surface area is 178 Å². The molecule has 1 N–H and O–H groups in total. The number of nitrogens with zero attached hydrogens (tertiary/aromatic N) is 3. The fraction of sp³-hybridized carbons (Fsp3) is 0.273. The lowest BCUT2D eigenvalue weighted by molar-refractivity contribution is 0.0693. The number of methoxy groups -OCH3 is 1. The zero-order valence-electron chi connectivity index (χ0n) is 16.6. The molecule has 1 aliphatic heterocycles. The number of thiazole rings is 1. The first-order valence-electron chi connectivity index (χ1n) is 9.74. The summed E-state index contributed by atoms with van der Waals surface area (Å²) in [6.07, 6.45) is 4.62. The maximum Gasteiger partial charge on any atom is 0.273 e. The molecule has 3 heterocycles. The fourth-order valence-corrected chi connectivity index (χ4v) is 4.19. The molecule has 1 aliphatic rings. The molecule has 0 unspecified atom stereocenters. The van der Waals surface area contributed by atoms with E-state index >= 15 is 0 Å². The van der Waals surface area contributed by atoms with Crippen molar-refractivity contribution in [3.05, 3.63) is 65.4 Å². The van der Waals surface area contributed by atoms with Crippen LogP contribution in [-0.2, 0) is 0 Å². The summed E-state index contributed by atoms with van der Waals surface area (Å²) >= 11 is 1.45. The minimum atomic E-state index is -0.128. The van der Waals surface area contributed by atoms with Crippen molar-refractivity contribution in [3.8, 4) is 16.3 Å². The lowest BCUT2D eigenvalue weighted by Gasteiger charge is -2.32. The number of aromatic nitrogens is 2. The van der Waals surface area contributed by atoms with Gasteiger partial charge in [-0.15, -0.1) is 11.3 Å². The molecule has 2 aromatic heterocycles. The molecule has 4 rings (SSSR count). The molecule has 7 nitrogen and oxygen atoms in total. The van der Waals surface area contributed by atoms with Crippen molar-refractivity contribution in [2.24, 2.45) is 0 Å². The van der Waals surface area contributed by atoms with Gasteiger partial charge in [0.25, 0.3) is 11.8 Å². The monoisotopic (exact) mass is 422 g/mol. The molecule has 2 amide bonds. The van der Waals surface area contributed by atoms with Gasteiger partial charge in [0, 0.05) is 42.5 Å². The maximum absolute atomic E-state index is 12.8. The standard InChI is InChI=1S/C22H22N4O3S/c1-29-18-6-4-15(5-7-18)21-25-19(14-30-21)22(28)26-11-8-17(9-12-26)24-20(27)16-3-2-10-23-13-16/h2-7,10,13-14,17H,8-9,11-12H2,1H3,(H,24,27). The number of nitrogens with one attached hydrogen (secondary N) is 1. The summed E-state index contributed by atoms with van der Waals surface area (Å²) in [5.41, 5.74) is 1.96. The summed E-state index contributed by atoms with van der Waals surface area (Å²) in [6, 6.07) is 11.1. The van der Waals surface area contributed by atoms with Gasteiger partial charge < -0.3 is 15.0 Å². The van der Waals surface area contributed by atoms with Crippen LogP contribution in [-0.4, -0.2) is 52.9 Å². The van der Waals surface area contributed by atoms with Gasteiger partial charge in [-0.05, 0) is 49.2 Å². The number of hydrogen-bond acceptors (Lipinski definition) is 6. The third-order valence-corrected chi connectivity index (χ3v) is 5.99. The Bertz CT molecular complexity index is 1010. The van der Waals surface area contributed by atoms with Crippen molar-refractivity contribution >= 4 is 23.2 Å². The second-order valence-corrected chi connectivity index (χ2v) is 7.91. The van der Waals surface area contributed by atoms with Gasteiger partial charge in [0.2, 0.25) is 0 Å². The summed E-state index contributed by atoms with van der Waals surface area (Å²) in [5.74, 6) is 0.588. The number of ether oxygens (including phenoxy) is 1. The number of rotatable bonds is 5. The second kappa shape index (κ2) is 9.04. The van der Waals surface area contributed by atoms with E-state index in [4.69, 9.17) is 4.74 Å². The first-order valence-corrected chi connectivity index (χ1v) is 10.6. The molecule has 0 bridgehead atoms. The molecule has 30 heavy (non-hydrogen) atoms. The average molecular weight is 423 g/mol. The highest BCUT2D eigenvalue weighted by Crippen LogP contribution is 2.26. The van der Waals surface area contributed by atoms with Crippen LogP contribution in [0.15, 0.2) is 54.2 Å². The summed E-state index contributed by atoms with van der Waals surface area (Å²) < 4.78 is 5.18. The smallest absolute Gasteiger partial charge is 0.273 e. The molecular formula is C22H22N4O3S. The van der Waals surface area contributed by atoms with Crippen LogP contribution in [0, 0.1) is 0 Å². The molecule has 1 aromatic carbocycles. The molecule has 154 valence electrons. The Hall–Kier alpha value is -3.26. The summed E-state index contributed by atoms with van der Waals surface area (Å²) in [4.78, 5) is 35.4. The molecule has 0 saturated carbocycles. The Morgan fingerprint density at radius 2 is 1.93 bits per heavy atom. The predicted molar refractivity (Wildman–Crippen MR) is 115 cm³/mol. The Morgan fingerprint density at radius 3 is 2.60 bits per heavy atom. The van der Waals surface area contributed by atoms with Gasteiger partial charge in [0.1, 0.15) is 16.5 Å². The third-order valence-electron chi connectivity index (χ3n) is 5.10. The summed E-state index contributed by atoms with van der Waals surface area (Å²) in [5, 5.41) is 5.64. The number of hydrogen-bond donors (Lipinski definition) is 1. The van der Waals surface area contributed by atoms with Gasteiger partial charge in [-0.1, -0.05) is 0 Å². The number of piperidine rings is 1. The third kappa shape index (κ3) is 4.49. The first kappa shape index (κ1) is 20.0. The molecule has 0 radical (unpaired) electrons. The van der Waals surface area contributed by atoms with E-state index in [0.29, 0.717) is 37.2 Å². The van der Waals surface area contributed by atoms with Crippen molar-refractivity contribution in [1.82, 2.24) is 20.2 Å². The van der Waals surface area contributed by atoms with Crippen LogP contribution in [0.5, 0.6) is 5.75 Å². The van der Waals surface area contributed by atoms with Crippen LogP contribution in [0.2, 0.25) is 0 Å². The highest BCUT2D eigenvalue weighted by atomic mass is 32.1. The van der Waals surface area contributed by atoms with Gasteiger partial charge in [-0.3, -0.25) is 14.6 Å². The molecule has 0 atom stereocenters. The largest absolute Gasteiger partial charge is 0.497 e. The zero-order valence-corrected chi connectivity index (χ0v) is 17.4. The van der Waals surface area contributed by atoms with Gasteiger partial charge in [0.05, 0.1) is 12.7 Å². The zero-order chi connectivity index (χ0) is 20.9. The Morgan fingerprint density at radius 1 is 1.17 bits per heavy atom. The van der Waals surface area contributed by atoms with Crippen molar-refractivity contribution in [2.75, 3.05) is 20.2 Å². The van der Waals surface area contributed by atoms with E-state index in [9.17, 15) is 9.59 Å². The average Bonchev–Trinajstić information content (AvgIpc) is 3.30. The fourth-order valence-electron chi connectivity index (χ4n) is 3.39. The number of amides is 2. The SMILES string of the molecule is COc1ccc(-c2nc(C(=O)N3CCC(NC(=O)c4cccnc4)CC3)cs2)cc1. The minimum absolute atomic E-state index is 0.0482. The van der Waals surface area contributed by atoms with Crippen molar-refractivity contribution in [3.63, 3.8) is 0 Å². The van der Waals surface area contributed by atoms with E-state index in [-0.39, 0.29) is 17.9 Å². The normalized spacial score (nSPS) is 14.4. The van der Waals surface area contributed by atoms with Crippen LogP contribution < -0.4 is 10.1 Å². The molecule has 1 fully saturated rings. The number of benzene rings is 1. The van der Waals surface area contributed by atoms with Crippen LogP contribution >= 0.6 is 11.3 Å². The molecule has 8 heteroatoms. The van der Waals surface area contributed by atoms with E-state index in [2.05, 4.69) is 15.3 Å².